The van der Waals surface area contributed by atoms with Crippen LogP contribution in [0.5, 0.6) is 0 Å². The summed E-state index contributed by atoms with van der Waals surface area (Å²) in [6.45, 7) is 0. The molecule has 0 aliphatic rings. The van der Waals surface area contributed by atoms with Crippen LogP contribution in [0.25, 0.3) is 0 Å². The number of nitrogens with zero attached hydrogens (tertiary/aromatic N) is 1. The van der Waals surface area contributed by atoms with E-state index < -0.39 is 7.59 Å². The molecule has 0 fully saturated rings. The minimum atomic E-state index is -1.83. The lowest BCUT2D eigenvalue weighted by molar-refractivity contribution is 0.591. The van der Waals surface area contributed by atoms with Gasteiger partial charge >= 0.3 is 0 Å². The predicted molar refractivity (Wildman–Crippen MR) is 25.4 cm³/mol. The fourth-order valence-electron chi connectivity index (χ4n) is 0.152. The summed E-state index contributed by atoms with van der Waals surface area (Å²) in [6, 6.07) is 1.80. The van der Waals surface area contributed by atoms with Gasteiger partial charge in [0, 0.05) is 6.42 Å². The molecule has 0 amide bonds. The lowest BCUT2D eigenvalue weighted by atomic mass is 10.6. The van der Waals surface area contributed by atoms with E-state index in [1.807, 2.05) is 0 Å². The van der Waals surface area contributed by atoms with Crippen LogP contribution in [0.4, 0.5) is 0 Å². The Kier molecular flexibility index (Phi) is 3.26. The van der Waals surface area contributed by atoms with Crippen LogP contribution in [0.3, 0.4) is 0 Å². The molecule has 0 bridgehead atoms. The summed E-state index contributed by atoms with van der Waals surface area (Å²) in [7, 11) is -1.83. The van der Waals surface area contributed by atoms with Gasteiger partial charge in [0.2, 0.25) is 0 Å². The average molecular weight is 116 g/mol. The highest BCUT2D eigenvalue weighted by molar-refractivity contribution is 7.32. The molecule has 0 spiro atoms. The van der Waals surface area contributed by atoms with Crippen LogP contribution in [-0.4, -0.2) is 6.16 Å². The summed E-state index contributed by atoms with van der Waals surface area (Å²) in [4.78, 5) is 0. The van der Waals surface area contributed by atoms with Crippen molar-refractivity contribution in [2.24, 2.45) is 0 Å². The van der Waals surface area contributed by atoms with Gasteiger partial charge in [0.25, 0.3) is 0 Å². The number of nitriles is 1. The van der Waals surface area contributed by atoms with Crippen molar-refractivity contribution in [3.8, 4) is 6.07 Å². The average Bonchev–Trinajstić information content (AvgIpc) is 1.61. The van der Waals surface area contributed by atoms with Crippen LogP contribution in [0.15, 0.2) is 0 Å². The molecular weight excluding hydrogens is 111 g/mol. The van der Waals surface area contributed by atoms with Gasteiger partial charge in [-0.05, 0) is 0 Å². The molecule has 0 aromatic rings. The van der Waals surface area contributed by atoms with E-state index in [-0.39, 0.29) is 12.6 Å². The molecule has 0 aromatic heterocycles. The monoisotopic (exact) mass is 116 g/mol. The molecule has 0 aliphatic carbocycles. The second kappa shape index (κ2) is 3.58. The molecule has 1 unspecified atom stereocenters. The first-order valence-electron chi connectivity index (χ1n) is 1.80. The number of hydrogen-bond acceptors (Lipinski definition) is 3. The number of hydrogen-bond donors (Lipinski definition) is 1. The number of nitrogens with one attached hydrogen (secondary N) is 1. The minimum absolute atomic E-state index is 0.214. The molecule has 0 rings (SSSR count). The largest absolute Gasteiger partial charge is 0.262 e. The van der Waals surface area contributed by atoms with E-state index in [4.69, 9.17) is 10.4 Å². The smallest absolute Gasteiger partial charge is 0.188 e. The third-order valence-corrected chi connectivity index (χ3v) is 1.06. The van der Waals surface area contributed by atoms with E-state index in [1.165, 1.54) is 0 Å². The van der Waals surface area contributed by atoms with E-state index >= 15 is 0 Å². The quantitative estimate of drug-likeness (QED) is 0.555. The maximum absolute atomic E-state index is 9.87. The van der Waals surface area contributed by atoms with Gasteiger partial charge in [-0.3, -0.25) is 9.73 Å². The molecule has 4 heteroatoms. The Balaban J connectivity index is 3.20. The van der Waals surface area contributed by atoms with Crippen molar-refractivity contribution in [2.45, 2.75) is 6.42 Å². The molecule has 7 heavy (non-hydrogen) atoms. The van der Waals surface area contributed by atoms with Crippen molar-refractivity contribution in [3.05, 3.63) is 0 Å². The Morgan fingerprint density at radius 2 is 2.43 bits per heavy atom. The van der Waals surface area contributed by atoms with Gasteiger partial charge in [-0.1, -0.05) is 0 Å². The van der Waals surface area contributed by atoms with Crippen molar-refractivity contribution < 1.29 is 4.57 Å². The van der Waals surface area contributed by atoms with Gasteiger partial charge in [0.15, 0.2) is 7.59 Å². The molecule has 3 nitrogen and oxygen atoms in total. The summed E-state index contributed by atoms with van der Waals surface area (Å²) in [5.74, 6) is 0. The zero-order valence-corrected chi connectivity index (χ0v) is 4.61. The minimum Gasteiger partial charge on any atom is -0.262 e. The Morgan fingerprint density at radius 3 is 2.57 bits per heavy atom. The van der Waals surface area contributed by atoms with Crippen LogP contribution in [-0.2, 0) is 4.57 Å². The van der Waals surface area contributed by atoms with E-state index in [2.05, 4.69) is 0 Å². The summed E-state index contributed by atoms with van der Waals surface area (Å²) in [5.41, 5.74) is 0. The molecule has 0 aromatic carbocycles. The fourth-order valence-corrected chi connectivity index (χ4v) is 0.455. The standard InChI is InChI=1S/C3H5N2OP/c4-2-1-3-7(5)6/h5H,1,3H2. The molecule has 1 atom stereocenters. The normalized spacial score (nSPS) is 9.86. The Hall–Kier alpha value is -0.610. The van der Waals surface area contributed by atoms with Crippen LogP contribution in [0.1, 0.15) is 6.42 Å². The third-order valence-electron chi connectivity index (χ3n) is 0.427. The maximum Gasteiger partial charge on any atom is 0.188 e. The first-order valence-corrected chi connectivity index (χ1v) is 3.24. The molecule has 38 valence electrons. The summed E-state index contributed by atoms with van der Waals surface area (Å²) >= 11 is 0. The maximum atomic E-state index is 9.87. The van der Waals surface area contributed by atoms with E-state index in [1.54, 1.807) is 6.07 Å². The van der Waals surface area contributed by atoms with Gasteiger partial charge in [-0.25, -0.2) is 0 Å². The van der Waals surface area contributed by atoms with Crippen LogP contribution in [0, 0.1) is 16.5 Å². The summed E-state index contributed by atoms with van der Waals surface area (Å²) in [6.07, 6.45) is 0.449. The SMILES string of the molecule is N#CCCP(=N)=O. The van der Waals surface area contributed by atoms with E-state index in [9.17, 15) is 4.57 Å². The van der Waals surface area contributed by atoms with Gasteiger partial charge in [-0.15, -0.1) is 0 Å². The molecule has 0 radical (unpaired) electrons. The fraction of sp³-hybridized carbons (Fsp3) is 0.667. The van der Waals surface area contributed by atoms with Gasteiger partial charge < -0.3 is 0 Å². The highest BCUT2D eigenvalue weighted by Gasteiger charge is 1.81. The lowest BCUT2D eigenvalue weighted by Gasteiger charge is -1.70. The van der Waals surface area contributed by atoms with Crippen molar-refractivity contribution in [1.29, 1.82) is 10.4 Å². The van der Waals surface area contributed by atoms with Crippen molar-refractivity contribution in [1.82, 2.24) is 0 Å². The van der Waals surface area contributed by atoms with Crippen molar-refractivity contribution in [2.75, 3.05) is 6.16 Å². The van der Waals surface area contributed by atoms with Gasteiger partial charge in [-0.2, -0.15) is 5.26 Å². The zero-order valence-electron chi connectivity index (χ0n) is 3.72. The molecule has 0 saturated heterocycles. The number of rotatable bonds is 2. The topological polar surface area (TPSA) is 64.7 Å². The Bertz CT molecular complexity index is 136. The second-order valence-electron chi connectivity index (χ2n) is 1.01. The Morgan fingerprint density at radius 1 is 1.86 bits per heavy atom. The predicted octanol–water partition coefficient (Wildman–Crippen LogP) is 1.49. The van der Waals surface area contributed by atoms with Crippen molar-refractivity contribution in [3.63, 3.8) is 0 Å². The highest BCUT2D eigenvalue weighted by Crippen LogP contribution is 2.03. The molecular formula is C3H5N2OP. The van der Waals surface area contributed by atoms with Gasteiger partial charge in [0.1, 0.15) is 0 Å². The first-order chi connectivity index (χ1) is 3.27. The summed E-state index contributed by atoms with van der Waals surface area (Å²) < 4.78 is 9.87. The molecule has 0 aliphatic heterocycles. The van der Waals surface area contributed by atoms with Crippen LogP contribution in [0.2, 0.25) is 0 Å². The lowest BCUT2D eigenvalue weighted by Crippen LogP contribution is -1.64. The third kappa shape index (κ3) is 5.39. The first kappa shape index (κ1) is 6.39. The van der Waals surface area contributed by atoms with E-state index in [0.717, 1.165) is 0 Å². The molecule has 0 saturated carbocycles. The van der Waals surface area contributed by atoms with Crippen molar-refractivity contribution >= 4 is 7.59 Å². The van der Waals surface area contributed by atoms with Crippen LogP contribution < -0.4 is 0 Å². The second-order valence-corrected chi connectivity index (χ2v) is 2.21. The van der Waals surface area contributed by atoms with E-state index in [0.29, 0.717) is 0 Å². The highest BCUT2D eigenvalue weighted by atomic mass is 31.1. The molecule has 0 heterocycles. The van der Waals surface area contributed by atoms with Gasteiger partial charge in [0.05, 0.1) is 12.2 Å². The van der Waals surface area contributed by atoms with Crippen LogP contribution >= 0.6 is 7.59 Å². The Labute approximate surface area is 42.3 Å². The molecule has 1 N–H and O–H groups in total. The summed E-state index contributed by atoms with van der Waals surface area (Å²) in [5, 5.41) is 14.3. The zero-order chi connectivity index (χ0) is 5.70.